The normalized spacial score (nSPS) is 11.2. The van der Waals surface area contributed by atoms with Crippen molar-refractivity contribution in [1.82, 2.24) is 0 Å². The molecule has 0 aliphatic carbocycles. The molecule has 0 aliphatic heterocycles. The highest BCUT2D eigenvalue weighted by Crippen LogP contribution is 2.16. The summed E-state index contributed by atoms with van der Waals surface area (Å²) in [4.78, 5) is 0. The van der Waals surface area contributed by atoms with Crippen molar-refractivity contribution in [3.63, 3.8) is 0 Å². The Hall–Kier alpha value is -0.860. The number of anilines is 1. The van der Waals surface area contributed by atoms with E-state index < -0.39 is 0 Å². The maximum atomic E-state index is 5.67. The van der Waals surface area contributed by atoms with Gasteiger partial charge in [0, 0.05) is 18.3 Å². The minimum atomic E-state index is 0.296. The van der Waals surface area contributed by atoms with Gasteiger partial charge in [-0.1, -0.05) is 23.2 Å². The fourth-order valence-corrected chi connectivity index (χ4v) is 1.02. The molecule has 0 unspecified atom stereocenters. The second-order valence-corrected chi connectivity index (χ2v) is 3.32. The second kappa shape index (κ2) is 5.78. The lowest BCUT2D eigenvalue weighted by Gasteiger charge is -2.05. The summed E-state index contributed by atoms with van der Waals surface area (Å²) in [6.45, 7) is 0.296. The zero-order chi connectivity index (χ0) is 10.4. The summed E-state index contributed by atoms with van der Waals surface area (Å²) in [6.07, 6.45) is 0. The minimum absolute atomic E-state index is 0.296. The molecular weight excluding hydrogens is 221 g/mol. The zero-order valence-electron chi connectivity index (χ0n) is 7.76. The van der Waals surface area contributed by atoms with Gasteiger partial charge in [-0.05, 0) is 24.3 Å². The molecule has 76 valence electrons. The molecule has 0 saturated carbocycles. The summed E-state index contributed by atoms with van der Waals surface area (Å²) >= 11 is 11.0. The van der Waals surface area contributed by atoms with Crippen molar-refractivity contribution in [3.05, 3.63) is 34.8 Å². The average Bonchev–Trinajstić information content (AvgIpc) is 2.26. The van der Waals surface area contributed by atoms with E-state index in [0.29, 0.717) is 11.6 Å². The van der Waals surface area contributed by atoms with E-state index in [4.69, 9.17) is 27.9 Å². The summed E-state index contributed by atoms with van der Waals surface area (Å²) in [5, 5.41) is 3.49. The number of ether oxygens (including phenoxy) is 1. The van der Waals surface area contributed by atoms with E-state index in [1.54, 1.807) is 0 Å². The van der Waals surface area contributed by atoms with Gasteiger partial charge in [0.25, 0.3) is 0 Å². The first-order valence-electron chi connectivity index (χ1n) is 4.11. The molecule has 1 aromatic rings. The van der Waals surface area contributed by atoms with E-state index >= 15 is 0 Å². The largest absolute Gasteiger partial charge is 0.488 e. The van der Waals surface area contributed by atoms with Crippen molar-refractivity contribution >= 4 is 28.9 Å². The van der Waals surface area contributed by atoms with Gasteiger partial charge >= 0.3 is 0 Å². The first-order chi connectivity index (χ1) is 6.76. The second-order valence-electron chi connectivity index (χ2n) is 2.62. The predicted molar refractivity (Wildman–Crippen MR) is 61.3 cm³/mol. The molecule has 0 heterocycles. The number of hydrogen-bond acceptors (Lipinski definition) is 2. The quantitative estimate of drug-likeness (QED) is 0.858. The topological polar surface area (TPSA) is 21.3 Å². The van der Waals surface area contributed by atoms with Gasteiger partial charge in [0.1, 0.15) is 12.4 Å². The summed E-state index contributed by atoms with van der Waals surface area (Å²) in [7, 11) is 1.86. The van der Waals surface area contributed by atoms with Crippen LogP contribution in [-0.4, -0.2) is 13.7 Å². The van der Waals surface area contributed by atoms with Crippen molar-refractivity contribution in [2.75, 3.05) is 19.0 Å². The zero-order valence-corrected chi connectivity index (χ0v) is 9.27. The van der Waals surface area contributed by atoms with Gasteiger partial charge in [-0.2, -0.15) is 0 Å². The van der Waals surface area contributed by atoms with E-state index in [2.05, 4.69) is 5.32 Å². The molecule has 14 heavy (non-hydrogen) atoms. The van der Waals surface area contributed by atoms with Crippen LogP contribution in [0.2, 0.25) is 0 Å². The fourth-order valence-electron chi connectivity index (χ4n) is 0.902. The molecule has 0 radical (unpaired) electrons. The molecular formula is C10H11Cl2NO. The molecule has 0 spiro atoms. The summed E-state index contributed by atoms with van der Waals surface area (Å²) in [6, 6.07) is 7.58. The van der Waals surface area contributed by atoms with Crippen molar-refractivity contribution in [2.45, 2.75) is 0 Å². The number of hydrogen-bond donors (Lipinski definition) is 1. The van der Waals surface area contributed by atoms with Gasteiger partial charge in [-0.25, -0.2) is 0 Å². The molecule has 0 saturated heterocycles. The molecule has 0 atom stereocenters. The molecule has 1 aromatic carbocycles. The van der Waals surface area contributed by atoms with Crippen LogP contribution in [0.15, 0.2) is 34.8 Å². The summed E-state index contributed by atoms with van der Waals surface area (Å²) in [5.74, 6) is 0.765. The smallest absolute Gasteiger partial charge is 0.125 e. The van der Waals surface area contributed by atoms with E-state index in [1.165, 1.54) is 5.54 Å². The highest BCUT2D eigenvalue weighted by Gasteiger charge is 1.95. The van der Waals surface area contributed by atoms with Gasteiger partial charge in [0.05, 0.1) is 5.03 Å². The maximum Gasteiger partial charge on any atom is 0.125 e. The Balaban J connectivity index is 2.52. The van der Waals surface area contributed by atoms with Gasteiger partial charge < -0.3 is 10.1 Å². The van der Waals surface area contributed by atoms with Crippen molar-refractivity contribution in [1.29, 1.82) is 0 Å². The maximum absolute atomic E-state index is 5.67. The number of halogens is 2. The Bertz CT molecular complexity index is 308. The highest BCUT2D eigenvalue weighted by atomic mass is 35.5. The lowest BCUT2D eigenvalue weighted by atomic mass is 10.3. The Morgan fingerprint density at radius 1 is 1.43 bits per heavy atom. The third kappa shape index (κ3) is 3.48. The molecule has 4 heteroatoms. The molecule has 0 fully saturated rings. The Labute approximate surface area is 93.5 Å². The van der Waals surface area contributed by atoms with Crippen LogP contribution in [0.25, 0.3) is 0 Å². The van der Waals surface area contributed by atoms with E-state index in [1.807, 2.05) is 31.3 Å². The molecule has 0 aliphatic rings. The highest BCUT2D eigenvalue weighted by molar-refractivity contribution is 6.36. The van der Waals surface area contributed by atoms with Crippen LogP contribution in [-0.2, 0) is 0 Å². The van der Waals surface area contributed by atoms with Gasteiger partial charge in [0.2, 0.25) is 0 Å². The SMILES string of the molecule is CNc1ccc(OCC(Cl)=CCl)cc1. The van der Waals surface area contributed by atoms with Crippen molar-refractivity contribution in [2.24, 2.45) is 0 Å². The Morgan fingerprint density at radius 3 is 2.57 bits per heavy atom. The molecule has 0 aromatic heterocycles. The average molecular weight is 232 g/mol. The standard InChI is InChI=1S/C10H11Cl2NO/c1-13-9-2-4-10(5-3-9)14-7-8(12)6-11/h2-6,13H,7H2,1H3. The monoisotopic (exact) mass is 231 g/mol. The Kier molecular flexibility index (Phi) is 4.63. The van der Waals surface area contributed by atoms with Crippen LogP contribution in [0.3, 0.4) is 0 Å². The first kappa shape index (κ1) is 11.2. The van der Waals surface area contributed by atoms with E-state index in [9.17, 15) is 0 Å². The van der Waals surface area contributed by atoms with Crippen LogP contribution in [0.1, 0.15) is 0 Å². The van der Waals surface area contributed by atoms with Gasteiger partial charge in [-0.15, -0.1) is 0 Å². The minimum Gasteiger partial charge on any atom is -0.488 e. The van der Waals surface area contributed by atoms with Gasteiger partial charge in [0.15, 0.2) is 0 Å². The third-order valence-electron chi connectivity index (χ3n) is 1.64. The van der Waals surface area contributed by atoms with Crippen LogP contribution in [0.4, 0.5) is 5.69 Å². The van der Waals surface area contributed by atoms with Crippen molar-refractivity contribution < 1.29 is 4.74 Å². The molecule has 0 amide bonds. The van der Waals surface area contributed by atoms with E-state index in [0.717, 1.165) is 11.4 Å². The summed E-state index contributed by atoms with van der Waals surface area (Å²) in [5.41, 5.74) is 2.33. The predicted octanol–water partition coefficient (Wildman–Crippen LogP) is 3.43. The lowest BCUT2D eigenvalue weighted by Crippen LogP contribution is -1.96. The van der Waals surface area contributed by atoms with Crippen LogP contribution >= 0.6 is 23.2 Å². The molecule has 0 bridgehead atoms. The van der Waals surface area contributed by atoms with Crippen molar-refractivity contribution in [3.8, 4) is 5.75 Å². The number of benzene rings is 1. The Morgan fingerprint density at radius 2 is 2.07 bits per heavy atom. The van der Waals surface area contributed by atoms with Crippen LogP contribution in [0.5, 0.6) is 5.75 Å². The van der Waals surface area contributed by atoms with E-state index in [-0.39, 0.29) is 0 Å². The number of rotatable bonds is 4. The third-order valence-corrected chi connectivity index (χ3v) is 2.23. The van der Waals surface area contributed by atoms with Gasteiger partial charge in [-0.3, -0.25) is 0 Å². The first-order valence-corrected chi connectivity index (χ1v) is 4.93. The fraction of sp³-hybridized carbons (Fsp3) is 0.200. The van der Waals surface area contributed by atoms with Crippen LogP contribution in [0, 0.1) is 0 Å². The van der Waals surface area contributed by atoms with Crippen LogP contribution < -0.4 is 10.1 Å². The molecule has 1 rings (SSSR count). The number of nitrogens with one attached hydrogen (secondary N) is 1. The summed E-state index contributed by atoms with van der Waals surface area (Å²) < 4.78 is 5.35. The molecule has 1 N–H and O–H groups in total. The molecule has 2 nitrogen and oxygen atoms in total. The lowest BCUT2D eigenvalue weighted by molar-refractivity contribution is 0.359.